The molecule has 42 heavy (non-hydrogen) atoms. The fraction of sp³-hybridized carbons (Fsp3) is 0.300. The Kier molecular flexibility index (Phi) is 9.94. The molecule has 0 saturated heterocycles. The molecule has 11 nitrogen and oxygen atoms in total. The summed E-state index contributed by atoms with van der Waals surface area (Å²) >= 11 is 0. The molecule has 0 aliphatic heterocycles. The van der Waals surface area contributed by atoms with E-state index >= 15 is 0 Å². The van der Waals surface area contributed by atoms with E-state index in [1.807, 2.05) is 50.2 Å². The Labute approximate surface area is 244 Å². The van der Waals surface area contributed by atoms with Gasteiger partial charge in [0.05, 0.1) is 24.2 Å². The molecule has 0 radical (unpaired) electrons. The third-order valence-electron chi connectivity index (χ3n) is 6.52. The molecule has 4 aromatic rings. The molecule has 12 heteroatoms. The Morgan fingerprint density at radius 2 is 1.71 bits per heavy atom. The van der Waals surface area contributed by atoms with Gasteiger partial charge in [-0.2, -0.15) is 9.29 Å². The molecule has 1 amide bonds. The van der Waals surface area contributed by atoms with Crippen LogP contribution < -0.4 is 10.1 Å². The van der Waals surface area contributed by atoms with Gasteiger partial charge in [-0.15, -0.1) is 0 Å². The number of aliphatic hydroxyl groups is 1. The molecule has 0 bridgehead atoms. The fourth-order valence-corrected chi connectivity index (χ4v) is 6.08. The van der Waals surface area contributed by atoms with E-state index in [-0.39, 0.29) is 42.0 Å². The monoisotopic (exact) mass is 594 g/mol. The Morgan fingerprint density at radius 3 is 2.36 bits per heavy atom. The summed E-state index contributed by atoms with van der Waals surface area (Å²) in [5, 5.41) is 26.8. The van der Waals surface area contributed by atoms with E-state index in [2.05, 4.69) is 15.5 Å². The lowest BCUT2D eigenvalue weighted by Gasteiger charge is -2.30. The molecule has 0 spiro atoms. The second-order valence-corrected chi connectivity index (χ2v) is 12.1. The minimum Gasteiger partial charge on any atom is -0.497 e. The summed E-state index contributed by atoms with van der Waals surface area (Å²) in [4.78, 5) is 15.9. The summed E-state index contributed by atoms with van der Waals surface area (Å²) in [6.07, 6.45) is -2.41. The zero-order chi connectivity index (χ0) is 30.3. The quantitative estimate of drug-likeness (QED) is 0.205. The van der Waals surface area contributed by atoms with E-state index in [0.717, 1.165) is 5.56 Å². The van der Waals surface area contributed by atoms with Crippen molar-refractivity contribution in [2.75, 3.05) is 20.2 Å². The number of nitrogens with one attached hydrogen (secondary N) is 1. The van der Waals surface area contributed by atoms with Crippen LogP contribution in [0.15, 0.2) is 88.3 Å². The van der Waals surface area contributed by atoms with Crippen molar-refractivity contribution in [2.45, 2.75) is 37.3 Å². The second kappa shape index (κ2) is 13.6. The number of benzene rings is 3. The number of ether oxygens (including phenoxy) is 1. The predicted octanol–water partition coefficient (Wildman–Crippen LogP) is 4.30. The smallest absolute Gasteiger partial charge is 0.404 e. The average Bonchev–Trinajstić information content (AvgIpc) is 3.47. The Hall–Kier alpha value is -4.26. The maximum atomic E-state index is 13.7. The standard InChI is InChI=1S/C30H34N4O7S/c1-20(2)18-34(19-27(35)26(31-30(36)37)16-21-8-5-4-6-9-21)42(38,39)25-14-12-22(13-15-25)28-32-29(41-33-28)23-10-7-11-24(17-23)40-3/h4-15,17,20,26-27,31,35H,16,18-19H2,1-3H3,(H,36,37)/t26-,27+/m0/s1. The van der Waals surface area contributed by atoms with Gasteiger partial charge >= 0.3 is 6.09 Å². The molecule has 0 saturated carbocycles. The Bertz CT molecular complexity index is 1570. The highest BCUT2D eigenvalue weighted by atomic mass is 32.2. The highest BCUT2D eigenvalue weighted by molar-refractivity contribution is 7.89. The third kappa shape index (κ3) is 7.72. The molecule has 0 aliphatic rings. The first-order valence-corrected chi connectivity index (χ1v) is 14.8. The molecule has 2 atom stereocenters. The molecule has 0 fully saturated rings. The van der Waals surface area contributed by atoms with Crippen molar-refractivity contribution >= 4 is 16.1 Å². The number of aromatic nitrogens is 2. The van der Waals surface area contributed by atoms with Crippen LogP contribution in [-0.2, 0) is 16.4 Å². The summed E-state index contributed by atoms with van der Waals surface area (Å²) in [5.74, 6) is 1.16. The van der Waals surface area contributed by atoms with Gasteiger partial charge < -0.3 is 24.8 Å². The van der Waals surface area contributed by atoms with Crippen LogP contribution >= 0.6 is 0 Å². The zero-order valence-corrected chi connectivity index (χ0v) is 24.4. The molecule has 4 rings (SSSR count). The number of amides is 1. The number of carboxylic acid groups (broad SMARTS) is 1. The van der Waals surface area contributed by atoms with Crippen molar-refractivity contribution in [3.63, 3.8) is 0 Å². The summed E-state index contributed by atoms with van der Waals surface area (Å²) in [6.45, 7) is 3.56. The van der Waals surface area contributed by atoms with Crippen LogP contribution in [0.4, 0.5) is 4.79 Å². The van der Waals surface area contributed by atoms with Crippen LogP contribution in [0.1, 0.15) is 19.4 Å². The van der Waals surface area contributed by atoms with Crippen molar-refractivity contribution in [3.8, 4) is 28.6 Å². The SMILES string of the molecule is COc1cccc(-c2nc(-c3ccc(S(=O)(=O)N(CC(C)C)C[C@@H](O)[C@H](Cc4ccccc4)NC(=O)O)cc3)no2)c1. The molecular weight excluding hydrogens is 560 g/mol. The van der Waals surface area contributed by atoms with Crippen LogP contribution in [0.5, 0.6) is 5.75 Å². The summed E-state index contributed by atoms with van der Waals surface area (Å²) in [5.41, 5.74) is 2.04. The molecule has 1 aromatic heterocycles. The van der Waals surface area contributed by atoms with Gasteiger partial charge in [0.15, 0.2) is 0 Å². The third-order valence-corrected chi connectivity index (χ3v) is 8.37. The fourth-order valence-electron chi connectivity index (χ4n) is 4.46. The van der Waals surface area contributed by atoms with Crippen molar-refractivity contribution in [1.29, 1.82) is 0 Å². The van der Waals surface area contributed by atoms with Crippen molar-refractivity contribution in [3.05, 3.63) is 84.4 Å². The minimum atomic E-state index is -4.05. The van der Waals surface area contributed by atoms with Gasteiger partial charge in [-0.05, 0) is 60.4 Å². The maximum absolute atomic E-state index is 13.7. The number of hydrogen-bond donors (Lipinski definition) is 3. The molecule has 3 aromatic carbocycles. The highest BCUT2D eigenvalue weighted by Crippen LogP contribution is 2.27. The molecule has 0 aliphatic carbocycles. The van der Waals surface area contributed by atoms with Crippen molar-refractivity contribution in [1.82, 2.24) is 19.8 Å². The van der Waals surface area contributed by atoms with Crippen LogP contribution in [0, 0.1) is 5.92 Å². The van der Waals surface area contributed by atoms with Crippen molar-refractivity contribution < 1.29 is 32.7 Å². The average molecular weight is 595 g/mol. The number of methoxy groups -OCH3 is 1. The lowest BCUT2D eigenvalue weighted by molar-refractivity contribution is 0.0980. The number of hydrogen-bond acceptors (Lipinski definition) is 8. The molecule has 222 valence electrons. The Balaban J connectivity index is 1.54. The summed E-state index contributed by atoms with van der Waals surface area (Å²) in [6, 6.07) is 21.4. The summed E-state index contributed by atoms with van der Waals surface area (Å²) < 4.78 is 39.3. The molecule has 1 heterocycles. The number of nitrogens with zero attached hydrogens (tertiary/aromatic N) is 3. The van der Waals surface area contributed by atoms with Gasteiger partial charge in [-0.3, -0.25) is 0 Å². The zero-order valence-electron chi connectivity index (χ0n) is 23.5. The van der Waals surface area contributed by atoms with E-state index < -0.39 is 28.3 Å². The largest absolute Gasteiger partial charge is 0.497 e. The van der Waals surface area contributed by atoms with Crippen LogP contribution in [0.3, 0.4) is 0 Å². The molecule has 0 unspecified atom stereocenters. The maximum Gasteiger partial charge on any atom is 0.404 e. The van der Waals surface area contributed by atoms with Gasteiger partial charge in [0.2, 0.25) is 15.8 Å². The minimum absolute atomic E-state index is 0.0152. The van der Waals surface area contributed by atoms with Gasteiger partial charge in [-0.1, -0.05) is 55.4 Å². The Morgan fingerprint density at radius 1 is 1.00 bits per heavy atom. The first kappa shape index (κ1) is 30.7. The first-order chi connectivity index (χ1) is 20.1. The van der Waals surface area contributed by atoms with Gasteiger partial charge in [-0.25, -0.2) is 13.2 Å². The van der Waals surface area contributed by atoms with E-state index in [1.165, 1.54) is 16.4 Å². The normalized spacial score (nSPS) is 13.2. The number of aliphatic hydroxyl groups excluding tert-OH is 1. The van der Waals surface area contributed by atoms with Gasteiger partial charge in [0, 0.05) is 24.2 Å². The van der Waals surface area contributed by atoms with Gasteiger partial charge in [0.25, 0.3) is 5.89 Å². The van der Waals surface area contributed by atoms with E-state index in [0.29, 0.717) is 16.9 Å². The van der Waals surface area contributed by atoms with E-state index in [9.17, 15) is 23.4 Å². The molecule has 3 N–H and O–H groups in total. The highest BCUT2D eigenvalue weighted by Gasteiger charge is 2.31. The van der Waals surface area contributed by atoms with E-state index in [1.54, 1.807) is 37.4 Å². The predicted molar refractivity (Wildman–Crippen MR) is 156 cm³/mol. The second-order valence-electron chi connectivity index (χ2n) is 10.2. The van der Waals surface area contributed by atoms with Gasteiger partial charge in [0.1, 0.15) is 5.75 Å². The number of sulfonamides is 1. The van der Waals surface area contributed by atoms with Crippen LogP contribution in [0.2, 0.25) is 0 Å². The summed E-state index contributed by atoms with van der Waals surface area (Å²) in [7, 11) is -2.49. The molecular formula is C30H34N4O7S. The number of carbonyl (C=O) groups is 1. The first-order valence-electron chi connectivity index (χ1n) is 13.4. The van der Waals surface area contributed by atoms with Crippen LogP contribution in [0.25, 0.3) is 22.8 Å². The van der Waals surface area contributed by atoms with Crippen molar-refractivity contribution in [2.24, 2.45) is 5.92 Å². The van der Waals surface area contributed by atoms with Crippen LogP contribution in [-0.4, -0.2) is 71.5 Å². The number of rotatable bonds is 13. The lowest BCUT2D eigenvalue weighted by Crippen LogP contribution is -2.50. The lowest BCUT2D eigenvalue weighted by atomic mass is 10.0. The topological polar surface area (TPSA) is 155 Å². The van der Waals surface area contributed by atoms with E-state index in [4.69, 9.17) is 9.26 Å².